The molecule has 0 bridgehead atoms. The number of thioether (sulfide) groups is 1. The van der Waals surface area contributed by atoms with E-state index >= 15 is 0 Å². The Morgan fingerprint density at radius 2 is 2.56 bits per heavy atom. The van der Waals surface area contributed by atoms with Crippen LogP contribution in [0, 0.1) is 0 Å². The SMILES string of the molecule is CCCNC1(CO)CCCC(Sc2ncns2)C1. The van der Waals surface area contributed by atoms with Gasteiger partial charge in [-0.25, -0.2) is 4.98 Å². The highest BCUT2D eigenvalue weighted by molar-refractivity contribution is 8.01. The van der Waals surface area contributed by atoms with Crippen LogP contribution in [0.3, 0.4) is 0 Å². The summed E-state index contributed by atoms with van der Waals surface area (Å²) in [5.74, 6) is 0. The predicted molar refractivity (Wildman–Crippen MR) is 76.1 cm³/mol. The third-order valence-corrected chi connectivity index (χ3v) is 5.48. The second kappa shape index (κ2) is 6.84. The molecule has 1 aliphatic carbocycles. The van der Waals surface area contributed by atoms with E-state index in [2.05, 4.69) is 21.6 Å². The molecular weight excluding hydrogens is 266 g/mol. The summed E-state index contributed by atoms with van der Waals surface area (Å²) in [6.45, 7) is 3.38. The van der Waals surface area contributed by atoms with E-state index in [-0.39, 0.29) is 12.1 Å². The summed E-state index contributed by atoms with van der Waals surface area (Å²) >= 11 is 3.28. The number of rotatable bonds is 6. The Morgan fingerprint density at radius 3 is 3.22 bits per heavy atom. The Balaban J connectivity index is 1.93. The molecule has 0 spiro atoms. The van der Waals surface area contributed by atoms with Gasteiger partial charge >= 0.3 is 0 Å². The molecule has 0 amide bonds. The maximum atomic E-state index is 9.71. The molecule has 1 saturated carbocycles. The lowest BCUT2D eigenvalue weighted by Gasteiger charge is -2.40. The van der Waals surface area contributed by atoms with Crippen molar-refractivity contribution in [2.75, 3.05) is 13.2 Å². The van der Waals surface area contributed by atoms with Crippen LogP contribution in [0.5, 0.6) is 0 Å². The molecule has 0 saturated heterocycles. The number of hydrogen-bond acceptors (Lipinski definition) is 6. The number of hydrogen-bond donors (Lipinski definition) is 2. The first-order valence-corrected chi connectivity index (χ1v) is 8.22. The van der Waals surface area contributed by atoms with Gasteiger partial charge in [-0.2, -0.15) is 4.37 Å². The zero-order valence-electron chi connectivity index (χ0n) is 10.8. The molecule has 1 aromatic heterocycles. The fourth-order valence-corrected chi connectivity index (χ4v) is 4.58. The van der Waals surface area contributed by atoms with Crippen molar-refractivity contribution in [2.45, 2.75) is 54.2 Å². The average molecular weight is 287 g/mol. The maximum absolute atomic E-state index is 9.71. The molecular formula is C12H21N3OS2. The van der Waals surface area contributed by atoms with E-state index in [1.54, 1.807) is 6.33 Å². The van der Waals surface area contributed by atoms with Crippen molar-refractivity contribution in [3.63, 3.8) is 0 Å². The first-order chi connectivity index (χ1) is 8.78. The fourth-order valence-electron chi connectivity index (χ4n) is 2.52. The van der Waals surface area contributed by atoms with Gasteiger partial charge in [0.1, 0.15) is 6.33 Å². The van der Waals surface area contributed by atoms with E-state index in [9.17, 15) is 5.11 Å². The summed E-state index contributed by atoms with van der Waals surface area (Å²) in [6.07, 6.45) is 7.21. The highest BCUT2D eigenvalue weighted by Crippen LogP contribution is 2.38. The molecule has 18 heavy (non-hydrogen) atoms. The standard InChI is InChI=1S/C12H21N3OS2/c1-2-6-14-12(8-16)5-3-4-10(7-12)17-11-13-9-15-18-11/h9-10,14,16H,2-8H2,1H3. The smallest absolute Gasteiger partial charge is 0.170 e. The number of aliphatic hydroxyl groups is 1. The molecule has 102 valence electrons. The van der Waals surface area contributed by atoms with Crippen molar-refractivity contribution >= 4 is 23.3 Å². The number of aliphatic hydroxyl groups excluding tert-OH is 1. The van der Waals surface area contributed by atoms with E-state index in [1.807, 2.05) is 11.8 Å². The van der Waals surface area contributed by atoms with Crippen LogP contribution >= 0.6 is 23.3 Å². The average Bonchev–Trinajstić information content (AvgIpc) is 2.90. The van der Waals surface area contributed by atoms with Gasteiger partial charge in [0.05, 0.1) is 6.61 Å². The quantitative estimate of drug-likeness (QED) is 0.841. The second-order valence-electron chi connectivity index (χ2n) is 4.91. The van der Waals surface area contributed by atoms with Gasteiger partial charge in [-0.3, -0.25) is 0 Å². The third-order valence-electron chi connectivity index (χ3n) is 3.46. The molecule has 2 N–H and O–H groups in total. The largest absolute Gasteiger partial charge is 0.394 e. The van der Waals surface area contributed by atoms with Gasteiger partial charge in [-0.1, -0.05) is 25.1 Å². The highest BCUT2D eigenvalue weighted by atomic mass is 32.2. The molecule has 0 radical (unpaired) electrons. The summed E-state index contributed by atoms with van der Waals surface area (Å²) in [7, 11) is 0. The van der Waals surface area contributed by atoms with Crippen LogP contribution in [0.4, 0.5) is 0 Å². The molecule has 1 aliphatic rings. The molecule has 2 unspecified atom stereocenters. The lowest BCUT2D eigenvalue weighted by molar-refractivity contribution is 0.124. The Morgan fingerprint density at radius 1 is 1.67 bits per heavy atom. The van der Waals surface area contributed by atoms with Gasteiger partial charge in [0, 0.05) is 10.8 Å². The van der Waals surface area contributed by atoms with Gasteiger partial charge in [-0.05, 0) is 43.8 Å². The zero-order valence-corrected chi connectivity index (χ0v) is 12.4. The van der Waals surface area contributed by atoms with Gasteiger partial charge in [-0.15, -0.1) is 0 Å². The van der Waals surface area contributed by atoms with Crippen LogP contribution < -0.4 is 5.32 Å². The lowest BCUT2D eigenvalue weighted by Crippen LogP contribution is -2.52. The first kappa shape index (κ1) is 14.2. The van der Waals surface area contributed by atoms with E-state index < -0.39 is 0 Å². The molecule has 1 heterocycles. The van der Waals surface area contributed by atoms with Crippen molar-refractivity contribution in [3.05, 3.63) is 6.33 Å². The first-order valence-electron chi connectivity index (χ1n) is 6.57. The van der Waals surface area contributed by atoms with E-state index in [0.717, 1.165) is 30.1 Å². The van der Waals surface area contributed by atoms with Crippen LogP contribution in [-0.4, -0.2) is 38.4 Å². The summed E-state index contributed by atoms with van der Waals surface area (Å²) in [6, 6.07) is 0. The molecule has 0 aliphatic heterocycles. The number of nitrogens with zero attached hydrogens (tertiary/aromatic N) is 2. The van der Waals surface area contributed by atoms with Crippen LogP contribution in [0.1, 0.15) is 39.0 Å². The third kappa shape index (κ3) is 3.66. The number of nitrogens with one attached hydrogen (secondary N) is 1. The van der Waals surface area contributed by atoms with Crippen molar-refractivity contribution in [1.82, 2.24) is 14.7 Å². The predicted octanol–water partition coefficient (Wildman–Crippen LogP) is 2.30. The molecule has 4 nitrogen and oxygen atoms in total. The topological polar surface area (TPSA) is 58.0 Å². The summed E-state index contributed by atoms with van der Waals surface area (Å²) in [5, 5.41) is 13.8. The minimum Gasteiger partial charge on any atom is -0.394 e. The summed E-state index contributed by atoms with van der Waals surface area (Å²) in [5.41, 5.74) is -0.0728. The molecule has 6 heteroatoms. The van der Waals surface area contributed by atoms with Gasteiger partial charge < -0.3 is 10.4 Å². The number of aromatic nitrogens is 2. The van der Waals surface area contributed by atoms with Crippen LogP contribution in [0.2, 0.25) is 0 Å². The van der Waals surface area contributed by atoms with Crippen molar-refractivity contribution in [1.29, 1.82) is 0 Å². The van der Waals surface area contributed by atoms with E-state index in [0.29, 0.717) is 5.25 Å². The lowest BCUT2D eigenvalue weighted by atomic mass is 9.82. The highest BCUT2D eigenvalue weighted by Gasteiger charge is 2.35. The van der Waals surface area contributed by atoms with Crippen molar-refractivity contribution in [2.24, 2.45) is 0 Å². The molecule has 2 atom stereocenters. The van der Waals surface area contributed by atoms with Gasteiger partial charge in [0.2, 0.25) is 0 Å². The minimum atomic E-state index is -0.0728. The van der Waals surface area contributed by atoms with Crippen LogP contribution in [-0.2, 0) is 0 Å². The Bertz CT molecular complexity index is 347. The summed E-state index contributed by atoms with van der Waals surface area (Å²) in [4.78, 5) is 4.23. The minimum absolute atomic E-state index is 0.0728. The maximum Gasteiger partial charge on any atom is 0.170 e. The molecule has 1 aromatic rings. The molecule has 1 fully saturated rings. The van der Waals surface area contributed by atoms with Crippen LogP contribution in [0.25, 0.3) is 0 Å². The van der Waals surface area contributed by atoms with Crippen molar-refractivity contribution < 1.29 is 5.11 Å². The molecule has 2 rings (SSSR count). The van der Waals surface area contributed by atoms with Gasteiger partial charge in [0.15, 0.2) is 4.34 Å². The van der Waals surface area contributed by atoms with E-state index in [4.69, 9.17) is 0 Å². The molecule has 0 aromatic carbocycles. The normalized spacial score (nSPS) is 28.4. The monoisotopic (exact) mass is 287 g/mol. The van der Waals surface area contributed by atoms with Gasteiger partial charge in [0.25, 0.3) is 0 Å². The van der Waals surface area contributed by atoms with Crippen molar-refractivity contribution in [3.8, 4) is 0 Å². The van der Waals surface area contributed by atoms with Crippen LogP contribution in [0.15, 0.2) is 10.7 Å². The van der Waals surface area contributed by atoms with E-state index in [1.165, 1.54) is 24.4 Å². The Hall–Kier alpha value is -0.170. The fraction of sp³-hybridized carbons (Fsp3) is 0.833. The summed E-state index contributed by atoms with van der Waals surface area (Å²) < 4.78 is 5.08. The Kier molecular flexibility index (Phi) is 5.41. The second-order valence-corrected chi connectivity index (χ2v) is 7.24. The zero-order chi connectivity index (χ0) is 12.8. The Labute approximate surface area is 117 Å².